The Morgan fingerprint density at radius 2 is 1.94 bits per heavy atom. The van der Waals surface area contributed by atoms with Crippen molar-refractivity contribution >= 4 is 18.1 Å². The first-order valence-corrected chi connectivity index (χ1v) is 12.9. The highest BCUT2D eigenvalue weighted by Gasteiger charge is 2.43. The first-order valence-electron chi connectivity index (χ1n) is 12.9. The summed E-state index contributed by atoms with van der Waals surface area (Å²) in [5.41, 5.74) is 3.76. The fraction of sp³-hybridized carbons (Fsp3) is 0.500. The molecule has 1 saturated heterocycles. The number of hydrogen-bond donors (Lipinski definition) is 0. The summed E-state index contributed by atoms with van der Waals surface area (Å²) in [6.45, 7) is 9.05. The molecule has 2 fully saturated rings. The molecule has 0 N–H and O–H groups in total. The molecule has 0 amide bonds. The second-order valence-electron chi connectivity index (χ2n) is 11.4. The molecule has 186 valence electrons. The first kappa shape index (κ1) is 24.1. The molecule has 0 radical (unpaired) electrons. The predicted molar refractivity (Wildman–Crippen MR) is 137 cm³/mol. The van der Waals surface area contributed by atoms with Gasteiger partial charge in [-0.1, -0.05) is 36.4 Å². The monoisotopic (exact) mass is 477 g/mol. The van der Waals surface area contributed by atoms with E-state index >= 15 is 0 Å². The van der Waals surface area contributed by atoms with Gasteiger partial charge in [0.2, 0.25) is 0 Å². The van der Waals surface area contributed by atoms with Crippen molar-refractivity contribution in [1.82, 2.24) is 4.90 Å². The second kappa shape index (κ2) is 9.42. The Labute approximate surface area is 208 Å². The number of halogens is 1. The summed E-state index contributed by atoms with van der Waals surface area (Å²) in [6.07, 6.45) is 8.68. The van der Waals surface area contributed by atoms with Gasteiger partial charge in [-0.3, -0.25) is 4.79 Å². The molecule has 4 nitrogen and oxygen atoms in total. The lowest BCUT2D eigenvalue weighted by Crippen LogP contribution is -2.44. The molecule has 3 aliphatic rings. The van der Waals surface area contributed by atoms with Crippen LogP contribution in [0, 0.1) is 5.82 Å². The van der Waals surface area contributed by atoms with E-state index in [9.17, 15) is 9.18 Å². The largest absolute Gasteiger partial charge is 0.492 e. The van der Waals surface area contributed by atoms with Gasteiger partial charge in [0.25, 0.3) is 0 Å². The highest BCUT2D eigenvalue weighted by atomic mass is 19.1. The average Bonchev–Trinajstić information content (AvgIpc) is 3.60. The third-order valence-electron chi connectivity index (χ3n) is 7.49. The van der Waals surface area contributed by atoms with E-state index in [0.717, 1.165) is 62.2 Å². The number of benzene rings is 2. The van der Waals surface area contributed by atoms with E-state index in [1.807, 2.05) is 39.0 Å². The molecule has 2 aliphatic heterocycles. The zero-order chi connectivity index (χ0) is 24.6. The molecule has 0 aromatic heterocycles. The molecular formula is C30H36FNO3. The average molecular weight is 478 g/mol. The van der Waals surface area contributed by atoms with Gasteiger partial charge in [-0.15, -0.1) is 0 Å². The van der Waals surface area contributed by atoms with Gasteiger partial charge in [-0.2, -0.15) is 0 Å². The third-order valence-corrected chi connectivity index (χ3v) is 7.49. The van der Waals surface area contributed by atoms with Crippen molar-refractivity contribution in [1.29, 1.82) is 0 Å². The molecule has 2 heterocycles. The van der Waals surface area contributed by atoms with E-state index in [1.54, 1.807) is 6.07 Å². The minimum atomic E-state index is -0.434. The van der Waals surface area contributed by atoms with Crippen LogP contribution in [-0.4, -0.2) is 42.7 Å². The van der Waals surface area contributed by atoms with Crippen molar-refractivity contribution in [2.75, 3.05) is 26.2 Å². The Bertz CT molecular complexity index is 1120. The number of hydrogen-bond acceptors (Lipinski definition) is 4. The Morgan fingerprint density at radius 3 is 2.66 bits per heavy atom. The van der Waals surface area contributed by atoms with E-state index in [-0.39, 0.29) is 17.2 Å². The predicted octanol–water partition coefficient (Wildman–Crippen LogP) is 6.33. The number of carbonyl (C=O) groups is 1. The number of nitrogens with zero attached hydrogens (tertiary/aromatic N) is 1. The van der Waals surface area contributed by atoms with Gasteiger partial charge in [0, 0.05) is 23.1 Å². The summed E-state index contributed by atoms with van der Waals surface area (Å²) >= 11 is 0. The van der Waals surface area contributed by atoms with Gasteiger partial charge in [0.15, 0.2) is 0 Å². The SMILES string of the molecule is CC(C)(C)OC(=O)CCN1CCC2(CC1)COc1cc(C=Cc3c(F)cccc3C3CC3)ccc12. The minimum Gasteiger partial charge on any atom is -0.492 e. The summed E-state index contributed by atoms with van der Waals surface area (Å²) in [7, 11) is 0. The van der Waals surface area contributed by atoms with Gasteiger partial charge in [0.1, 0.15) is 17.2 Å². The van der Waals surface area contributed by atoms with Crippen molar-refractivity contribution in [3.8, 4) is 5.75 Å². The summed E-state index contributed by atoms with van der Waals surface area (Å²) in [5, 5.41) is 0. The number of ether oxygens (including phenoxy) is 2. The number of rotatable bonds is 6. The molecule has 5 rings (SSSR count). The van der Waals surface area contributed by atoms with Crippen molar-refractivity contribution in [2.24, 2.45) is 0 Å². The zero-order valence-corrected chi connectivity index (χ0v) is 21.1. The molecule has 2 aromatic rings. The summed E-state index contributed by atoms with van der Waals surface area (Å²) in [4.78, 5) is 14.4. The Balaban J connectivity index is 1.22. The maximum Gasteiger partial charge on any atom is 0.307 e. The van der Waals surface area contributed by atoms with Crippen molar-refractivity contribution in [3.05, 3.63) is 64.5 Å². The Kier molecular flexibility index (Phi) is 6.47. The molecule has 1 spiro atoms. The quantitative estimate of drug-likeness (QED) is 0.360. The minimum absolute atomic E-state index is 0.0463. The van der Waals surface area contributed by atoms with Crippen LogP contribution in [0.2, 0.25) is 0 Å². The van der Waals surface area contributed by atoms with Crippen LogP contribution in [0.4, 0.5) is 4.39 Å². The highest BCUT2D eigenvalue weighted by molar-refractivity contribution is 5.73. The van der Waals surface area contributed by atoms with Crippen LogP contribution in [0.1, 0.15) is 81.0 Å². The van der Waals surface area contributed by atoms with Crippen molar-refractivity contribution in [2.45, 2.75) is 69.8 Å². The number of likely N-dealkylation sites (tertiary alicyclic amines) is 1. The highest BCUT2D eigenvalue weighted by Crippen LogP contribution is 2.46. The molecule has 2 aromatic carbocycles. The van der Waals surface area contributed by atoms with Crippen LogP contribution in [-0.2, 0) is 14.9 Å². The first-order chi connectivity index (χ1) is 16.7. The second-order valence-corrected chi connectivity index (χ2v) is 11.4. The van der Waals surface area contributed by atoms with Crippen LogP contribution in [0.25, 0.3) is 12.2 Å². The zero-order valence-electron chi connectivity index (χ0n) is 21.1. The van der Waals surface area contributed by atoms with E-state index in [0.29, 0.717) is 24.5 Å². The maximum absolute atomic E-state index is 14.5. The summed E-state index contributed by atoms with van der Waals surface area (Å²) in [6, 6.07) is 11.8. The lowest BCUT2D eigenvalue weighted by molar-refractivity contribution is -0.155. The summed E-state index contributed by atoms with van der Waals surface area (Å²) in [5.74, 6) is 1.17. The van der Waals surface area contributed by atoms with Gasteiger partial charge in [0.05, 0.1) is 13.0 Å². The van der Waals surface area contributed by atoms with Crippen LogP contribution in [0.5, 0.6) is 5.75 Å². The summed E-state index contributed by atoms with van der Waals surface area (Å²) < 4.78 is 26.1. The molecule has 0 bridgehead atoms. The Morgan fingerprint density at radius 1 is 1.17 bits per heavy atom. The fourth-order valence-electron chi connectivity index (χ4n) is 5.41. The van der Waals surface area contributed by atoms with E-state index in [1.165, 1.54) is 5.56 Å². The third kappa shape index (κ3) is 5.45. The topological polar surface area (TPSA) is 38.8 Å². The molecular weight excluding hydrogens is 441 g/mol. The smallest absolute Gasteiger partial charge is 0.307 e. The standard InChI is InChI=1S/C30H36FNO3/c1-29(2,3)35-28(33)13-16-32-17-14-30(15-18-32)20-34-27-19-21(8-12-25(27)30)7-11-24-23(22-9-10-22)5-4-6-26(24)31/h4-8,11-12,19,22H,9-10,13-18,20H2,1-3H3. The molecule has 1 saturated carbocycles. The number of fused-ring (bicyclic) bond motifs is 2. The lowest BCUT2D eigenvalue weighted by Gasteiger charge is -2.38. The van der Waals surface area contributed by atoms with E-state index in [4.69, 9.17) is 9.47 Å². The number of esters is 1. The number of piperidine rings is 1. The van der Waals surface area contributed by atoms with Crippen LogP contribution < -0.4 is 4.74 Å². The fourth-order valence-corrected chi connectivity index (χ4v) is 5.41. The molecule has 35 heavy (non-hydrogen) atoms. The molecule has 0 unspecified atom stereocenters. The van der Waals surface area contributed by atoms with Crippen molar-refractivity contribution < 1.29 is 18.7 Å². The lowest BCUT2D eigenvalue weighted by atomic mass is 9.74. The number of carbonyl (C=O) groups excluding carboxylic acids is 1. The maximum atomic E-state index is 14.5. The van der Waals surface area contributed by atoms with E-state index in [2.05, 4.69) is 29.2 Å². The normalized spacial score (nSPS) is 19.7. The molecule has 5 heteroatoms. The van der Waals surface area contributed by atoms with Crippen LogP contribution in [0.15, 0.2) is 36.4 Å². The van der Waals surface area contributed by atoms with Gasteiger partial charge >= 0.3 is 5.97 Å². The van der Waals surface area contributed by atoms with Gasteiger partial charge < -0.3 is 14.4 Å². The molecule has 1 aliphatic carbocycles. The van der Waals surface area contributed by atoms with Crippen LogP contribution >= 0.6 is 0 Å². The van der Waals surface area contributed by atoms with E-state index < -0.39 is 5.60 Å². The molecule has 0 atom stereocenters. The van der Waals surface area contributed by atoms with Crippen LogP contribution in [0.3, 0.4) is 0 Å². The van der Waals surface area contributed by atoms with Crippen molar-refractivity contribution in [3.63, 3.8) is 0 Å². The van der Waals surface area contributed by atoms with Gasteiger partial charge in [-0.25, -0.2) is 4.39 Å². The van der Waals surface area contributed by atoms with Gasteiger partial charge in [-0.05, 0) is 88.7 Å². The Hall–Kier alpha value is -2.66.